The molecule has 50 heavy (non-hydrogen) atoms. The van der Waals surface area contributed by atoms with Gasteiger partial charge in [-0.05, 0) is 60.7 Å². The second-order valence-corrected chi connectivity index (χ2v) is 15.6. The van der Waals surface area contributed by atoms with E-state index in [-0.39, 0.29) is 27.4 Å². The summed E-state index contributed by atoms with van der Waals surface area (Å²) in [6.07, 6.45) is 2.17. The standard InChI is InChI=1S/C27H24N4O5S2.C7H7N3OS/c1-36-24-11-9-20-26(30-24)37-27(29-20)31-25(33)18(13-15-6-8-17(32)12-15)16-7-10-23-21(14-16)28-19-4-2-3-5-22(19)38(23,34)35;1-11-5-3-2-4-6(10-5)12-7(8)9-4/h2-5,7,9-11,14-15,18,28H,6,8,12-13H2,1H3,(H,29,31,33);2-3H,1H3,(H2,8,9). The molecule has 16 heteroatoms. The third-order valence-corrected chi connectivity index (χ3v) is 12.0. The molecule has 13 nitrogen and oxygen atoms in total. The van der Waals surface area contributed by atoms with E-state index in [0.29, 0.717) is 68.6 Å². The molecule has 2 atom stereocenters. The molecule has 0 radical (unpaired) electrons. The SMILES string of the molecule is COc1ccc2nc(N)sc2n1.COc1ccc2nc(NC(=O)C(CC3CCC(=O)C3)c3ccc4c(c3)Nc3ccccc3S4(=O)=O)sc2n1. The van der Waals surface area contributed by atoms with E-state index in [1.165, 1.54) is 29.8 Å². The molecule has 256 valence electrons. The van der Waals surface area contributed by atoms with Crippen molar-refractivity contribution in [1.29, 1.82) is 0 Å². The van der Waals surface area contributed by atoms with Crippen LogP contribution in [0.5, 0.6) is 11.8 Å². The lowest BCUT2D eigenvalue weighted by Crippen LogP contribution is -2.24. The zero-order valence-corrected chi connectivity index (χ0v) is 29.3. The highest BCUT2D eigenvalue weighted by Gasteiger charge is 2.33. The fraction of sp³-hybridized carbons (Fsp3) is 0.235. The lowest BCUT2D eigenvalue weighted by molar-refractivity contribution is -0.119. The number of nitrogens with two attached hydrogens (primary N) is 1. The van der Waals surface area contributed by atoms with Crippen LogP contribution in [0, 0.1) is 5.92 Å². The van der Waals surface area contributed by atoms with Crippen LogP contribution in [-0.4, -0.2) is 54.3 Å². The Bertz CT molecular complexity index is 2380. The summed E-state index contributed by atoms with van der Waals surface area (Å²) >= 11 is 2.60. The summed E-state index contributed by atoms with van der Waals surface area (Å²) in [5.41, 5.74) is 8.57. The molecule has 2 aliphatic rings. The number of ether oxygens (including phenoxy) is 2. The first-order chi connectivity index (χ1) is 24.1. The number of nitrogens with zero attached hydrogens (tertiary/aromatic N) is 4. The van der Waals surface area contributed by atoms with Gasteiger partial charge in [-0.2, -0.15) is 0 Å². The van der Waals surface area contributed by atoms with Crippen LogP contribution >= 0.6 is 22.7 Å². The Morgan fingerprint density at radius 2 is 1.60 bits per heavy atom. The Morgan fingerprint density at radius 1 is 0.920 bits per heavy atom. The summed E-state index contributed by atoms with van der Waals surface area (Å²) in [5.74, 6) is 0.456. The van der Waals surface area contributed by atoms with E-state index in [0.717, 1.165) is 16.8 Å². The maximum absolute atomic E-state index is 13.7. The Morgan fingerprint density at radius 3 is 2.30 bits per heavy atom. The second-order valence-electron chi connectivity index (χ2n) is 11.7. The number of hydrogen-bond acceptors (Lipinski definition) is 14. The number of benzene rings is 2. The first kappa shape index (κ1) is 33.3. The van der Waals surface area contributed by atoms with E-state index in [4.69, 9.17) is 15.2 Å². The summed E-state index contributed by atoms with van der Waals surface area (Å²) < 4.78 is 36.6. The highest BCUT2D eigenvalue weighted by molar-refractivity contribution is 7.92. The Labute approximate surface area is 294 Å². The number of para-hydroxylation sites is 1. The third-order valence-electron chi connectivity index (χ3n) is 8.50. The molecule has 6 aromatic rings. The summed E-state index contributed by atoms with van der Waals surface area (Å²) in [6.45, 7) is 0. The number of pyridine rings is 2. The Kier molecular flexibility index (Phi) is 9.07. The monoisotopic (exact) mass is 729 g/mol. The highest BCUT2D eigenvalue weighted by Crippen LogP contribution is 2.42. The number of ketones is 1. The van der Waals surface area contributed by atoms with Gasteiger partial charge >= 0.3 is 0 Å². The van der Waals surface area contributed by atoms with E-state index in [2.05, 4.69) is 30.6 Å². The first-order valence-corrected chi connectivity index (χ1v) is 18.7. The maximum Gasteiger partial charge on any atom is 0.233 e. The number of carbonyl (C=O) groups is 2. The van der Waals surface area contributed by atoms with Crippen LogP contribution in [0.1, 0.15) is 37.2 Å². The van der Waals surface area contributed by atoms with Crippen LogP contribution in [0.15, 0.2) is 76.5 Å². The molecule has 4 N–H and O–H groups in total. The summed E-state index contributed by atoms with van der Waals surface area (Å²) in [6, 6.07) is 18.8. The number of carbonyl (C=O) groups excluding carboxylic acids is 2. The summed E-state index contributed by atoms with van der Waals surface area (Å²) in [5, 5.41) is 7.08. The normalized spacial score (nSPS) is 16.4. The minimum absolute atomic E-state index is 0.0768. The van der Waals surface area contributed by atoms with E-state index < -0.39 is 15.8 Å². The van der Waals surface area contributed by atoms with Crippen molar-refractivity contribution in [2.45, 2.75) is 41.4 Å². The molecule has 1 aliphatic heterocycles. The maximum atomic E-state index is 13.7. The van der Waals surface area contributed by atoms with E-state index >= 15 is 0 Å². The number of fused-ring (bicyclic) bond motifs is 4. The lowest BCUT2D eigenvalue weighted by atomic mass is 9.87. The van der Waals surface area contributed by atoms with Gasteiger partial charge < -0.3 is 25.8 Å². The molecular formula is C34H31N7O6S3. The molecule has 4 aromatic heterocycles. The topological polar surface area (TPSA) is 188 Å². The third kappa shape index (κ3) is 6.68. The number of methoxy groups -OCH3 is 2. The van der Waals surface area contributed by atoms with Gasteiger partial charge in [0, 0.05) is 25.0 Å². The van der Waals surface area contributed by atoms with Crippen LogP contribution in [0.2, 0.25) is 0 Å². The number of anilines is 4. The molecule has 2 aromatic carbocycles. The molecule has 1 saturated carbocycles. The minimum atomic E-state index is -3.70. The number of rotatable bonds is 7. The van der Waals surface area contributed by atoms with E-state index in [1.54, 1.807) is 67.8 Å². The fourth-order valence-corrected chi connectivity index (χ4v) is 9.15. The number of sulfone groups is 1. The van der Waals surface area contributed by atoms with Crippen molar-refractivity contribution in [2.75, 3.05) is 30.6 Å². The van der Waals surface area contributed by atoms with Crippen molar-refractivity contribution in [3.63, 3.8) is 0 Å². The van der Waals surface area contributed by atoms with Gasteiger partial charge in [0.2, 0.25) is 27.5 Å². The van der Waals surface area contributed by atoms with Gasteiger partial charge in [0.05, 0.1) is 41.3 Å². The number of nitrogens with one attached hydrogen (secondary N) is 2. The number of hydrogen-bond donors (Lipinski definition) is 3. The number of nitrogen functional groups attached to an aromatic ring is 1. The largest absolute Gasteiger partial charge is 0.481 e. The number of Topliss-reactive ketones (excluding diaryl/α,β-unsaturated/α-hetero) is 1. The smallest absolute Gasteiger partial charge is 0.233 e. The van der Waals surface area contributed by atoms with Gasteiger partial charge in [0.1, 0.15) is 26.5 Å². The first-order valence-electron chi connectivity index (χ1n) is 15.6. The fourth-order valence-electron chi connectivity index (χ4n) is 6.07. The summed E-state index contributed by atoms with van der Waals surface area (Å²) in [7, 11) is -0.579. The zero-order valence-electron chi connectivity index (χ0n) is 26.9. The van der Waals surface area contributed by atoms with Crippen molar-refractivity contribution in [1.82, 2.24) is 19.9 Å². The molecule has 1 fully saturated rings. The van der Waals surface area contributed by atoms with E-state index in [1.807, 2.05) is 6.07 Å². The van der Waals surface area contributed by atoms with Gasteiger partial charge in [-0.25, -0.2) is 28.4 Å². The van der Waals surface area contributed by atoms with Crippen LogP contribution in [-0.2, 0) is 19.4 Å². The minimum Gasteiger partial charge on any atom is -0.481 e. The van der Waals surface area contributed by atoms with Crippen molar-refractivity contribution in [3.05, 3.63) is 72.3 Å². The second kappa shape index (κ2) is 13.6. The Hall–Kier alpha value is -5.19. The summed E-state index contributed by atoms with van der Waals surface area (Å²) in [4.78, 5) is 44.6. The van der Waals surface area contributed by atoms with Gasteiger partial charge in [-0.3, -0.25) is 9.59 Å². The molecule has 1 amide bonds. The quantitative estimate of drug-likeness (QED) is 0.165. The molecule has 0 bridgehead atoms. The van der Waals surface area contributed by atoms with Crippen molar-refractivity contribution < 1.29 is 27.5 Å². The molecule has 1 aliphatic carbocycles. The molecule has 0 spiro atoms. The molecule has 2 unspecified atom stereocenters. The van der Waals surface area contributed by atoms with Crippen LogP contribution in [0.3, 0.4) is 0 Å². The predicted octanol–water partition coefficient (Wildman–Crippen LogP) is 6.35. The zero-order chi connectivity index (χ0) is 35.0. The molecule has 0 saturated heterocycles. The highest BCUT2D eigenvalue weighted by atomic mass is 32.2. The number of aromatic nitrogens is 4. The molecular weight excluding hydrogens is 699 g/mol. The number of amides is 1. The average Bonchev–Trinajstić information content (AvgIpc) is 3.82. The van der Waals surface area contributed by atoms with Gasteiger partial charge in [0.15, 0.2) is 10.3 Å². The van der Waals surface area contributed by atoms with E-state index in [9.17, 15) is 18.0 Å². The number of thiazole rings is 2. The van der Waals surface area contributed by atoms with Crippen molar-refractivity contribution in [3.8, 4) is 11.8 Å². The lowest BCUT2D eigenvalue weighted by Gasteiger charge is -2.24. The van der Waals surface area contributed by atoms with Crippen molar-refractivity contribution in [2.24, 2.45) is 5.92 Å². The average molecular weight is 730 g/mol. The van der Waals surface area contributed by atoms with Crippen molar-refractivity contribution >= 4 is 86.5 Å². The molecule has 5 heterocycles. The molecule has 8 rings (SSSR count). The Balaban J connectivity index is 0.000000275. The van der Waals surface area contributed by atoms with Crippen LogP contribution in [0.4, 0.5) is 21.6 Å². The van der Waals surface area contributed by atoms with Gasteiger partial charge in [-0.1, -0.05) is 40.9 Å². The van der Waals surface area contributed by atoms with Crippen LogP contribution in [0.25, 0.3) is 20.7 Å². The predicted molar refractivity (Wildman–Crippen MR) is 192 cm³/mol. The van der Waals surface area contributed by atoms with Gasteiger partial charge in [0.25, 0.3) is 0 Å². The van der Waals surface area contributed by atoms with Crippen LogP contribution < -0.4 is 25.8 Å². The van der Waals surface area contributed by atoms with Gasteiger partial charge in [-0.15, -0.1) is 0 Å².